The van der Waals surface area contributed by atoms with Crippen LogP contribution in [-0.4, -0.2) is 61.9 Å². The van der Waals surface area contributed by atoms with Crippen molar-refractivity contribution in [3.63, 3.8) is 0 Å². The number of hydrogen-bond donors (Lipinski definition) is 1. The Morgan fingerprint density at radius 1 is 1.27 bits per heavy atom. The molecule has 2 amide bonds. The number of rotatable bonds is 2. The Morgan fingerprint density at radius 3 is 2.67 bits per heavy atom. The fourth-order valence-corrected chi connectivity index (χ4v) is 1.49. The van der Waals surface area contributed by atoms with Crippen molar-refractivity contribution in [2.45, 2.75) is 12.8 Å². The number of amides is 2. The van der Waals surface area contributed by atoms with Crippen LogP contribution in [-0.2, 0) is 9.59 Å². The Hall–Kier alpha value is -1.10. The summed E-state index contributed by atoms with van der Waals surface area (Å²) in [6.45, 7) is 3.24. The summed E-state index contributed by atoms with van der Waals surface area (Å²) >= 11 is 0. The highest BCUT2D eigenvalue weighted by molar-refractivity contribution is 5.96. The third kappa shape index (κ3) is 3.87. The molecule has 1 heterocycles. The predicted molar refractivity (Wildman–Crippen MR) is 57.4 cm³/mol. The largest absolute Gasteiger partial charge is 0.348 e. The number of carbonyl (C=O) groups is 2. The van der Waals surface area contributed by atoms with Gasteiger partial charge in [0.05, 0.1) is 0 Å². The summed E-state index contributed by atoms with van der Waals surface area (Å²) in [5, 5.41) is 3.22. The molecule has 0 spiro atoms. The van der Waals surface area contributed by atoms with Crippen LogP contribution in [0.3, 0.4) is 0 Å². The van der Waals surface area contributed by atoms with Crippen molar-refractivity contribution in [1.82, 2.24) is 15.1 Å². The lowest BCUT2D eigenvalue weighted by Crippen LogP contribution is -2.37. The second-order valence-electron chi connectivity index (χ2n) is 3.95. The summed E-state index contributed by atoms with van der Waals surface area (Å²) < 4.78 is 0. The van der Waals surface area contributed by atoms with Gasteiger partial charge in [-0.15, -0.1) is 0 Å². The van der Waals surface area contributed by atoms with Crippen molar-refractivity contribution in [2.75, 3.05) is 40.3 Å². The third-order valence-electron chi connectivity index (χ3n) is 2.49. The molecule has 0 aromatic rings. The van der Waals surface area contributed by atoms with E-state index >= 15 is 0 Å². The van der Waals surface area contributed by atoms with Crippen molar-refractivity contribution >= 4 is 11.8 Å². The van der Waals surface area contributed by atoms with Gasteiger partial charge >= 0.3 is 0 Å². The monoisotopic (exact) mass is 213 g/mol. The van der Waals surface area contributed by atoms with Gasteiger partial charge in [0.2, 0.25) is 11.8 Å². The molecule has 0 atom stereocenters. The highest BCUT2D eigenvalue weighted by atomic mass is 16.2. The molecule has 0 radical (unpaired) electrons. The van der Waals surface area contributed by atoms with E-state index in [2.05, 4.69) is 5.32 Å². The topological polar surface area (TPSA) is 52.7 Å². The molecule has 1 aliphatic heterocycles. The molecule has 0 saturated carbocycles. The van der Waals surface area contributed by atoms with E-state index in [1.807, 2.05) is 0 Å². The molecule has 0 aliphatic carbocycles. The highest BCUT2D eigenvalue weighted by Crippen LogP contribution is 2.00. The van der Waals surface area contributed by atoms with Crippen LogP contribution in [0.4, 0.5) is 0 Å². The van der Waals surface area contributed by atoms with E-state index < -0.39 is 0 Å². The fraction of sp³-hybridized carbons (Fsp3) is 0.800. The van der Waals surface area contributed by atoms with Gasteiger partial charge in [0.25, 0.3) is 0 Å². The van der Waals surface area contributed by atoms with Crippen molar-refractivity contribution in [2.24, 2.45) is 0 Å². The van der Waals surface area contributed by atoms with Crippen LogP contribution in [0.1, 0.15) is 12.8 Å². The van der Waals surface area contributed by atoms with Gasteiger partial charge in [0, 0.05) is 33.7 Å². The van der Waals surface area contributed by atoms with Crippen LogP contribution in [0.25, 0.3) is 0 Å². The Kier molecular flexibility index (Phi) is 4.55. The summed E-state index contributed by atoms with van der Waals surface area (Å²) in [5.74, 6) is -0.186. The molecule has 5 nitrogen and oxygen atoms in total. The molecule has 1 aliphatic rings. The molecular weight excluding hydrogens is 194 g/mol. The summed E-state index contributed by atoms with van der Waals surface area (Å²) in [6, 6.07) is 0. The highest BCUT2D eigenvalue weighted by Gasteiger charge is 2.18. The van der Waals surface area contributed by atoms with Gasteiger partial charge in [-0.25, -0.2) is 0 Å². The zero-order valence-electron chi connectivity index (χ0n) is 9.45. The van der Waals surface area contributed by atoms with Crippen molar-refractivity contribution in [3.05, 3.63) is 0 Å². The van der Waals surface area contributed by atoms with Gasteiger partial charge in [0.15, 0.2) is 0 Å². The fourth-order valence-electron chi connectivity index (χ4n) is 1.49. The second-order valence-corrected chi connectivity index (χ2v) is 3.95. The molecule has 1 rings (SSSR count). The molecule has 0 aromatic heterocycles. The van der Waals surface area contributed by atoms with E-state index in [1.165, 1.54) is 4.90 Å². The Balaban J connectivity index is 2.41. The second kappa shape index (κ2) is 5.70. The minimum absolute atomic E-state index is 0.00694. The van der Waals surface area contributed by atoms with Crippen LogP contribution in [0.2, 0.25) is 0 Å². The first kappa shape index (κ1) is 12.0. The van der Waals surface area contributed by atoms with E-state index in [4.69, 9.17) is 0 Å². The Bertz CT molecular complexity index is 233. The van der Waals surface area contributed by atoms with Crippen LogP contribution < -0.4 is 5.32 Å². The zero-order valence-corrected chi connectivity index (χ0v) is 9.45. The third-order valence-corrected chi connectivity index (χ3v) is 2.49. The maximum absolute atomic E-state index is 11.7. The van der Waals surface area contributed by atoms with Crippen molar-refractivity contribution in [1.29, 1.82) is 0 Å². The van der Waals surface area contributed by atoms with E-state index in [0.29, 0.717) is 6.54 Å². The maximum atomic E-state index is 11.7. The molecule has 0 unspecified atom stereocenters. The first-order valence-corrected chi connectivity index (χ1v) is 5.30. The standard InChI is InChI=1S/C10H19N3O2/c1-12(2)9(14)8-10(15)13-6-3-4-11-5-7-13/h11H,3-8H2,1-2H3. The summed E-state index contributed by atoms with van der Waals surface area (Å²) in [5.41, 5.74) is 0. The van der Waals surface area contributed by atoms with E-state index in [-0.39, 0.29) is 18.2 Å². The summed E-state index contributed by atoms with van der Waals surface area (Å²) in [6.07, 6.45) is 0.953. The minimum atomic E-state index is -0.128. The zero-order chi connectivity index (χ0) is 11.3. The van der Waals surface area contributed by atoms with Crippen molar-refractivity contribution < 1.29 is 9.59 Å². The first-order valence-electron chi connectivity index (χ1n) is 5.30. The van der Waals surface area contributed by atoms with E-state index in [0.717, 1.165) is 26.1 Å². The van der Waals surface area contributed by atoms with Crippen LogP contribution in [0, 0.1) is 0 Å². The normalized spacial score (nSPS) is 17.1. The molecule has 86 valence electrons. The number of carbonyl (C=O) groups excluding carboxylic acids is 2. The molecule has 1 fully saturated rings. The Labute approximate surface area is 90.4 Å². The summed E-state index contributed by atoms with van der Waals surface area (Å²) in [7, 11) is 3.33. The molecule has 0 bridgehead atoms. The maximum Gasteiger partial charge on any atom is 0.232 e. The number of nitrogens with zero attached hydrogens (tertiary/aromatic N) is 2. The minimum Gasteiger partial charge on any atom is -0.348 e. The molecule has 1 saturated heterocycles. The molecule has 1 N–H and O–H groups in total. The van der Waals surface area contributed by atoms with Gasteiger partial charge in [-0.05, 0) is 13.0 Å². The smallest absolute Gasteiger partial charge is 0.232 e. The van der Waals surface area contributed by atoms with Crippen LogP contribution in [0.15, 0.2) is 0 Å². The number of hydrogen-bond acceptors (Lipinski definition) is 3. The van der Waals surface area contributed by atoms with E-state index in [9.17, 15) is 9.59 Å². The van der Waals surface area contributed by atoms with Gasteiger partial charge in [0.1, 0.15) is 6.42 Å². The lowest BCUT2D eigenvalue weighted by molar-refractivity contribution is -0.139. The average molecular weight is 213 g/mol. The first-order chi connectivity index (χ1) is 7.11. The quantitative estimate of drug-likeness (QED) is 0.616. The summed E-state index contributed by atoms with van der Waals surface area (Å²) in [4.78, 5) is 26.3. The van der Waals surface area contributed by atoms with Gasteiger partial charge in [-0.2, -0.15) is 0 Å². The SMILES string of the molecule is CN(C)C(=O)CC(=O)N1CCCNCC1. The Morgan fingerprint density at radius 2 is 2.00 bits per heavy atom. The van der Waals surface area contributed by atoms with Crippen molar-refractivity contribution in [3.8, 4) is 0 Å². The van der Waals surface area contributed by atoms with Gasteiger partial charge < -0.3 is 15.1 Å². The molecule has 5 heteroatoms. The predicted octanol–water partition coefficient (Wildman–Crippen LogP) is -0.713. The lowest BCUT2D eigenvalue weighted by atomic mass is 10.3. The number of nitrogens with one attached hydrogen (secondary N) is 1. The van der Waals surface area contributed by atoms with Crippen LogP contribution in [0.5, 0.6) is 0 Å². The lowest BCUT2D eigenvalue weighted by Gasteiger charge is -2.20. The van der Waals surface area contributed by atoms with E-state index in [1.54, 1.807) is 19.0 Å². The average Bonchev–Trinajstić information content (AvgIpc) is 2.45. The van der Waals surface area contributed by atoms with Crippen LogP contribution >= 0.6 is 0 Å². The van der Waals surface area contributed by atoms with Gasteiger partial charge in [-0.1, -0.05) is 0 Å². The van der Waals surface area contributed by atoms with Gasteiger partial charge in [-0.3, -0.25) is 9.59 Å². The molecular formula is C10H19N3O2. The molecule has 0 aromatic carbocycles. The molecule has 15 heavy (non-hydrogen) atoms.